The average Bonchev–Trinajstić information content (AvgIpc) is 1.72. The number of methoxy groups -OCH3 is 10. The molecule has 141 heavy (non-hydrogen) atoms. The summed E-state index contributed by atoms with van der Waals surface area (Å²) in [5.41, 5.74) is 24.6. The summed E-state index contributed by atoms with van der Waals surface area (Å²) in [6.07, 6.45) is 19.3. The van der Waals surface area contributed by atoms with Gasteiger partial charge in [-0.25, -0.2) is 0 Å². The number of hydrogen-bond acceptors (Lipinski definition) is 24. The van der Waals surface area contributed by atoms with Crippen LogP contribution in [0.15, 0.2) is 109 Å². The van der Waals surface area contributed by atoms with E-state index in [0.29, 0.717) is 71.5 Å². The lowest BCUT2D eigenvalue weighted by Gasteiger charge is -2.44. The second-order valence-corrected chi connectivity index (χ2v) is 48.7. The monoisotopic (exact) mass is 2030 g/mol. The largest absolute Gasteiger partial charge is 0.504 e. The van der Waals surface area contributed by atoms with Crippen molar-refractivity contribution in [3.8, 4) is 69.0 Å². The van der Waals surface area contributed by atoms with E-state index in [9.17, 15) is 10.2 Å². The fourth-order valence-corrected chi connectivity index (χ4v) is 32.7. The Balaban J connectivity index is 0.000000104. The fraction of sp³-hybridized carbons (Fsp3) is 0.483. The minimum Gasteiger partial charge on any atom is -0.504 e. The van der Waals surface area contributed by atoms with E-state index in [1.54, 1.807) is 139 Å². The average molecular weight is 2040 g/mol. The molecular formula is C116H139ClN6O12S6. The Labute approximate surface area is 863 Å². The zero-order valence-corrected chi connectivity index (χ0v) is 90.8. The Kier molecular flexibility index (Phi) is 30.1. The normalized spacial score (nSPS) is 21.2. The molecular weight excluding hydrogens is 1900 g/mol. The third-order valence-corrected chi connectivity index (χ3v) is 39.7. The van der Waals surface area contributed by atoms with E-state index in [4.69, 9.17) is 59.0 Å². The van der Waals surface area contributed by atoms with Crippen LogP contribution >= 0.6 is 79.6 Å². The number of aromatic hydroxyl groups is 2. The van der Waals surface area contributed by atoms with Gasteiger partial charge in [-0.2, -0.15) is 0 Å². The van der Waals surface area contributed by atoms with E-state index >= 15 is 0 Å². The third-order valence-electron chi connectivity index (χ3n) is 32.0. The van der Waals surface area contributed by atoms with Gasteiger partial charge in [-0.1, -0.05) is 39.8 Å². The highest BCUT2D eigenvalue weighted by atomic mass is 35.5. The second kappa shape index (κ2) is 42.7. The number of fused-ring (bicyclic) bond motifs is 24. The molecule has 2 N–H and O–H groups in total. The van der Waals surface area contributed by atoms with Gasteiger partial charge >= 0.3 is 0 Å². The molecule has 13 aliphatic rings. The van der Waals surface area contributed by atoms with E-state index in [0.717, 1.165) is 199 Å². The highest BCUT2D eigenvalue weighted by Crippen LogP contribution is 2.56. The van der Waals surface area contributed by atoms with Gasteiger partial charge < -0.3 is 57.6 Å². The lowest BCUT2D eigenvalue weighted by atomic mass is 9.84. The van der Waals surface area contributed by atoms with Gasteiger partial charge in [0.1, 0.15) is 46.0 Å². The molecule has 18 heterocycles. The number of halogens is 1. The van der Waals surface area contributed by atoms with E-state index < -0.39 is 0 Å². The number of ether oxygens (including phenoxy) is 10. The highest BCUT2D eigenvalue weighted by Gasteiger charge is 2.45. The van der Waals surface area contributed by atoms with Crippen LogP contribution in [0.4, 0.5) is 0 Å². The molecule has 0 amide bonds. The van der Waals surface area contributed by atoms with Crippen molar-refractivity contribution in [2.45, 2.75) is 245 Å². The molecule has 6 aromatic carbocycles. The molecule has 0 saturated heterocycles. The van der Waals surface area contributed by atoms with Crippen molar-refractivity contribution in [1.82, 2.24) is 29.4 Å². The molecule has 0 radical (unpaired) electrons. The summed E-state index contributed by atoms with van der Waals surface area (Å²) in [7, 11) is 17.4. The van der Waals surface area contributed by atoms with Gasteiger partial charge in [0.05, 0.1) is 71.1 Å². The topological polar surface area (TPSA) is 152 Å². The summed E-state index contributed by atoms with van der Waals surface area (Å²) in [4.78, 5) is 34.0. The van der Waals surface area contributed by atoms with Crippen LogP contribution in [0.3, 0.4) is 0 Å². The molecule has 748 valence electrons. The number of phenols is 2. The van der Waals surface area contributed by atoms with Gasteiger partial charge in [0.15, 0.2) is 23.0 Å². The van der Waals surface area contributed by atoms with Crippen LogP contribution < -0.4 is 47.4 Å². The molecule has 6 aromatic heterocycles. The molecule has 1 saturated carbocycles. The summed E-state index contributed by atoms with van der Waals surface area (Å²) in [6, 6.07) is 41.9. The molecule has 2 unspecified atom stereocenters. The van der Waals surface area contributed by atoms with Gasteiger partial charge in [0.25, 0.3) is 0 Å². The first-order valence-corrected chi connectivity index (χ1v) is 56.3. The minimum absolute atomic E-state index is 0.247. The zero-order valence-electron chi connectivity index (χ0n) is 85.2. The third kappa shape index (κ3) is 19.7. The predicted octanol–water partition coefficient (Wildman–Crippen LogP) is 25.0. The van der Waals surface area contributed by atoms with Crippen molar-refractivity contribution in [2.75, 3.05) is 110 Å². The van der Waals surface area contributed by atoms with E-state index in [1.165, 1.54) is 137 Å². The van der Waals surface area contributed by atoms with Gasteiger partial charge in [-0.05, 0) is 283 Å². The van der Waals surface area contributed by atoms with Crippen LogP contribution in [0.25, 0.3) is 0 Å². The maximum atomic E-state index is 10.0. The van der Waals surface area contributed by atoms with Crippen molar-refractivity contribution in [2.24, 2.45) is 11.8 Å². The molecule has 25 heteroatoms. The highest BCUT2D eigenvalue weighted by molar-refractivity contribution is 7.13. The quantitative estimate of drug-likeness (QED) is 0.0831. The molecule has 0 bridgehead atoms. The maximum Gasteiger partial charge on any atom is 0.165 e. The fourth-order valence-electron chi connectivity index (χ4n) is 25.0. The molecule has 25 rings (SSSR count). The molecule has 1 fully saturated rings. The number of benzene rings is 6. The summed E-state index contributed by atoms with van der Waals surface area (Å²) in [6.45, 7) is 27.0. The first kappa shape index (κ1) is 99.5. The zero-order chi connectivity index (χ0) is 98.0. The first-order valence-electron chi connectivity index (χ1n) is 50.9. The Bertz CT molecular complexity index is 6430. The molecule has 0 spiro atoms. The molecule has 12 aliphatic heterocycles. The maximum absolute atomic E-state index is 10.0. The molecule has 1 aliphatic carbocycles. The number of alkyl halides is 1. The Morgan fingerprint density at radius 2 is 0.716 bits per heavy atom. The van der Waals surface area contributed by atoms with Crippen LogP contribution in [0, 0.1) is 25.7 Å². The number of nitrogens with zero attached hydrogens (tertiary/aromatic N) is 6. The minimum atomic E-state index is 0.247. The van der Waals surface area contributed by atoms with E-state index in [1.807, 2.05) is 93.1 Å². The molecule has 18 nitrogen and oxygen atoms in total. The van der Waals surface area contributed by atoms with Crippen LogP contribution in [0.5, 0.6) is 69.0 Å². The smallest absolute Gasteiger partial charge is 0.165 e. The number of hydrogen-bond donors (Lipinski definition) is 2. The lowest BCUT2D eigenvalue weighted by Crippen LogP contribution is -2.44. The van der Waals surface area contributed by atoms with Crippen LogP contribution in [-0.4, -0.2) is 155 Å². The van der Waals surface area contributed by atoms with Gasteiger partial charge in [-0.3, -0.25) is 29.4 Å². The first-order chi connectivity index (χ1) is 68.5. The summed E-state index contributed by atoms with van der Waals surface area (Å²) in [5, 5.41) is 20.1. The van der Waals surface area contributed by atoms with Gasteiger partial charge in [0, 0.05) is 240 Å². The number of rotatable bonds is 17. The van der Waals surface area contributed by atoms with Gasteiger partial charge in [0.2, 0.25) is 0 Å². The van der Waals surface area contributed by atoms with E-state index in [-0.39, 0.29) is 11.5 Å². The van der Waals surface area contributed by atoms with Crippen molar-refractivity contribution >= 4 is 79.6 Å². The molecule has 8 atom stereocenters. The Morgan fingerprint density at radius 1 is 0.362 bits per heavy atom. The van der Waals surface area contributed by atoms with Crippen molar-refractivity contribution in [3.63, 3.8) is 0 Å². The summed E-state index contributed by atoms with van der Waals surface area (Å²) >= 11 is 17.9. The molecule has 12 aromatic rings. The summed E-state index contributed by atoms with van der Waals surface area (Å²) in [5.74, 6) is 12.7. The SMILES string of the molecule is CCc1cc2c(s1)CCN1Cc3c(OC)ccc(OC)c3C[C@@H]21.COc1c(O)ccc2c1CN1C(C)Cc3sc(C)cc3[C@@H]1C2.COc1c(O)ccc2c1CN1CC(C)c3sc(C)cc3[C@@H]1C2.COc1ccc(OC)c2c1C[C@H]1c3cc(CC(C)C)sc3CCN1C2.COc1ccc(OC)c2c1C[C@H]1c3cc(CC4CC4)sc3CCN1C2.COc1ccc(OC)c2c1C[C@H]1c3cc(CCCl)sc3CCN1C2. The Hall–Kier alpha value is -8.83. The van der Waals surface area contributed by atoms with Gasteiger partial charge in [-0.15, -0.1) is 79.6 Å². The second-order valence-electron chi connectivity index (χ2n) is 40.8. The number of aryl methyl sites for hydroxylation is 4. The van der Waals surface area contributed by atoms with Crippen LogP contribution in [0.1, 0.15) is 248 Å². The number of thiophene rings is 6. The van der Waals surface area contributed by atoms with Crippen molar-refractivity contribution in [1.29, 1.82) is 0 Å². The predicted molar refractivity (Wildman–Crippen MR) is 574 cm³/mol. The lowest BCUT2D eigenvalue weighted by molar-refractivity contribution is 0.106. The summed E-state index contributed by atoms with van der Waals surface area (Å²) < 4.78 is 56.0. The number of phenolic OH excluding ortho intramolecular Hbond substituents is 2. The van der Waals surface area contributed by atoms with Crippen LogP contribution in [-0.2, 0) is 136 Å². The van der Waals surface area contributed by atoms with Crippen molar-refractivity contribution < 1.29 is 57.6 Å². The van der Waals surface area contributed by atoms with Crippen LogP contribution in [0.2, 0.25) is 0 Å². The standard InChI is InChI=1S/C21H25NO2S.C21H27NO2S.C19H22ClNO2S.C19H23NO2S.2C18H21NO2S/c1-23-19-5-6-20(24-2)17-12-22-8-7-21-16(18(22)11-15(17)19)10-14(25-21)9-13-3-4-13;1-13(2)9-14-10-16-18-11-15-17(12-22(18)8-7-21(16)25-14)20(24-4)6-5-19(15)23-3;1-22-17-3-4-18(23-2)15-11-21-8-6-19-14(16(21)10-13(15)17)9-12(24-19)5-7-20;1-4-12-9-14-16-10-13-15(11-20(16)8-7-19(14)23-12)18(22-3)6-5-17(13)21-2;1-10-8-19-9-14-12(4-5-16(20)17(14)21-3)7-15(19)13-6-11(2)22-18(10)13;1-10-6-17-13(7-11(2)22-17)15-8-12-4-5-16(20)18(21-3)14(12)9-19(10)15/h5-6,10,13,18H,3-4,7-9,11-12H2,1-2H3;5-6,10,13,18H,7-9,11-12H2,1-4H3;3-4,9,16H,5-8,10-11H2,1-2H3;5-6,9,16H,4,7-8,10-11H2,1-3H3;4-6,10,15,20H,7-9H2,1-3H3;4-5,7,10,15,20H,6,8-9H2,1-3H3/t2*18-;2*16-;2*10?,15-/m000000/s1. The van der Waals surface area contributed by atoms with Crippen molar-refractivity contribution in [3.05, 3.63) is 268 Å². The Morgan fingerprint density at radius 3 is 1.13 bits per heavy atom. The van der Waals surface area contributed by atoms with E-state index in [2.05, 4.69) is 150 Å².